The monoisotopic (exact) mass is 477 g/mol. The van der Waals surface area contributed by atoms with Crippen molar-refractivity contribution in [1.82, 2.24) is 4.90 Å². The number of carbonyl (C=O) groups excluding carboxylic acids is 3. The second kappa shape index (κ2) is 8.66. The molecule has 0 bridgehead atoms. The second-order valence-corrected chi connectivity index (χ2v) is 8.11. The second-order valence-electron chi connectivity index (χ2n) is 6.33. The van der Waals surface area contributed by atoms with E-state index in [-0.39, 0.29) is 23.0 Å². The zero-order valence-electron chi connectivity index (χ0n) is 15.9. The van der Waals surface area contributed by atoms with E-state index in [2.05, 4.69) is 4.74 Å². The Bertz CT molecular complexity index is 1230. The lowest BCUT2D eigenvalue weighted by atomic mass is 10.2. The maximum absolute atomic E-state index is 12.7. The average Bonchev–Trinajstić information content (AvgIpc) is 3.47. The van der Waals surface area contributed by atoms with E-state index in [1.165, 1.54) is 25.3 Å². The average molecular weight is 478 g/mol. The van der Waals surface area contributed by atoms with Crippen LogP contribution in [0.3, 0.4) is 0 Å². The number of rotatable bonds is 5. The van der Waals surface area contributed by atoms with E-state index in [0.29, 0.717) is 27.1 Å². The lowest BCUT2D eigenvalue weighted by Gasteiger charge is -2.09. The Morgan fingerprint density at radius 2 is 1.94 bits per heavy atom. The van der Waals surface area contributed by atoms with Gasteiger partial charge >= 0.3 is 5.97 Å². The predicted octanol–water partition coefficient (Wildman–Crippen LogP) is 5.87. The van der Waals surface area contributed by atoms with Crippen molar-refractivity contribution in [2.75, 3.05) is 7.11 Å². The van der Waals surface area contributed by atoms with Crippen LogP contribution in [-0.2, 0) is 16.1 Å². The first-order valence-electron chi connectivity index (χ1n) is 8.84. The largest absolute Gasteiger partial charge is 0.463 e. The molecule has 1 fully saturated rings. The first kappa shape index (κ1) is 21.3. The summed E-state index contributed by atoms with van der Waals surface area (Å²) in [6.45, 7) is -0.111. The van der Waals surface area contributed by atoms with Gasteiger partial charge in [0.05, 0.1) is 28.6 Å². The summed E-state index contributed by atoms with van der Waals surface area (Å²) in [6.07, 6.45) is 1.48. The van der Waals surface area contributed by atoms with Crippen LogP contribution in [0.2, 0.25) is 10.0 Å². The summed E-state index contributed by atoms with van der Waals surface area (Å²) in [5, 5.41) is 0.290. The van der Waals surface area contributed by atoms with E-state index in [1.807, 2.05) is 0 Å². The Morgan fingerprint density at radius 3 is 2.71 bits per heavy atom. The number of nitrogens with zero attached hydrogens (tertiary/aromatic N) is 1. The minimum absolute atomic E-state index is 0.0113. The topological polar surface area (TPSA) is 90.0 Å². The molecular weight excluding hydrogens is 465 g/mol. The Labute approximate surface area is 190 Å². The molecule has 0 aliphatic carbocycles. The summed E-state index contributed by atoms with van der Waals surface area (Å²) < 4.78 is 15.7. The number of thioether (sulfide) groups is 1. The number of ether oxygens (including phenoxy) is 1. The van der Waals surface area contributed by atoms with E-state index in [1.54, 1.807) is 30.3 Å². The Morgan fingerprint density at radius 1 is 1.13 bits per heavy atom. The Kier molecular flexibility index (Phi) is 5.95. The molecule has 0 radical (unpaired) electrons. The molecule has 1 saturated heterocycles. The number of furan rings is 2. The highest BCUT2D eigenvalue weighted by Gasteiger charge is 2.36. The van der Waals surface area contributed by atoms with Crippen LogP contribution in [0, 0.1) is 0 Å². The summed E-state index contributed by atoms with van der Waals surface area (Å²) in [7, 11) is 1.23. The van der Waals surface area contributed by atoms with Gasteiger partial charge in [-0.2, -0.15) is 0 Å². The van der Waals surface area contributed by atoms with Crippen molar-refractivity contribution in [2.24, 2.45) is 0 Å². The van der Waals surface area contributed by atoms with Crippen LogP contribution in [0.1, 0.15) is 22.1 Å². The van der Waals surface area contributed by atoms with Crippen molar-refractivity contribution < 1.29 is 28.0 Å². The van der Waals surface area contributed by atoms with Crippen LogP contribution in [0.25, 0.3) is 17.4 Å². The molecule has 0 saturated carbocycles. The highest BCUT2D eigenvalue weighted by molar-refractivity contribution is 8.18. The zero-order valence-corrected chi connectivity index (χ0v) is 18.2. The van der Waals surface area contributed by atoms with Crippen LogP contribution in [0.5, 0.6) is 0 Å². The number of halogens is 2. The first-order valence-corrected chi connectivity index (χ1v) is 10.4. The van der Waals surface area contributed by atoms with Crippen LogP contribution >= 0.6 is 35.0 Å². The van der Waals surface area contributed by atoms with Gasteiger partial charge in [-0.05, 0) is 48.2 Å². The Balaban J connectivity index is 1.52. The molecule has 3 aromatic rings. The Hall–Kier alpha value is -2.94. The third kappa shape index (κ3) is 4.27. The molecule has 0 atom stereocenters. The first-order chi connectivity index (χ1) is 14.9. The van der Waals surface area contributed by atoms with E-state index in [0.717, 1.165) is 16.7 Å². The molecule has 2 aromatic heterocycles. The molecule has 0 unspecified atom stereocenters. The van der Waals surface area contributed by atoms with Gasteiger partial charge in [-0.25, -0.2) is 4.79 Å². The molecule has 1 aliphatic heterocycles. The molecule has 1 aliphatic rings. The molecule has 2 amide bonds. The number of methoxy groups -OCH3 is 1. The van der Waals surface area contributed by atoms with Crippen molar-refractivity contribution in [1.29, 1.82) is 0 Å². The lowest BCUT2D eigenvalue weighted by molar-refractivity contribution is -0.123. The molecule has 7 nitrogen and oxygen atoms in total. The highest BCUT2D eigenvalue weighted by atomic mass is 35.5. The fraction of sp³-hybridized carbons (Fsp3) is 0.0952. The number of hydrogen-bond donors (Lipinski definition) is 0. The number of amides is 2. The number of carbonyl (C=O) groups is 3. The van der Waals surface area contributed by atoms with Gasteiger partial charge in [0.2, 0.25) is 5.76 Å². The van der Waals surface area contributed by atoms with Gasteiger partial charge in [0.1, 0.15) is 17.3 Å². The fourth-order valence-electron chi connectivity index (χ4n) is 2.86. The van der Waals surface area contributed by atoms with Crippen LogP contribution in [0.4, 0.5) is 4.79 Å². The predicted molar refractivity (Wildman–Crippen MR) is 116 cm³/mol. The lowest BCUT2D eigenvalue weighted by Crippen LogP contribution is -2.27. The molecule has 0 spiro atoms. The minimum Gasteiger partial charge on any atom is -0.463 e. The van der Waals surface area contributed by atoms with Gasteiger partial charge in [-0.1, -0.05) is 29.3 Å². The standard InChI is InChI=1S/C21H13Cl2NO6S/c1-28-20(26)16-8-6-12(30-16)10-24-19(25)17(31-21(24)27)9-11-5-7-15(29-11)13-3-2-4-14(22)18(13)23/h2-9H,10H2,1H3/b17-9-. The maximum Gasteiger partial charge on any atom is 0.373 e. The molecular formula is C21H13Cl2NO6S. The summed E-state index contributed by atoms with van der Waals surface area (Å²) in [5.74, 6) is -0.0208. The number of hydrogen-bond acceptors (Lipinski definition) is 7. The van der Waals surface area contributed by atoms with E-state index in [4.69, 9.17) is 32.0 Å². The van der Waals surface area contributed by atoms with E-state index < -0.39 is 17.1 Å². The third-order valence-electron chi connectivity index (χ3n) is 4.35. The molecule has 158 valence electrons. The number of imide groups is 1. The molecule has 10 heteroatoms. The van der Waals surface area contributed by atoms with Crippen LogP contribution in [0.15, 0.2) is 56.2 Å². The zero-order chi connectivity index (χ0) is 22.1. The SMILES string of the molecule is COC(=O)c1ccc(CN2C(=O)S/C(=C\c3ccc(-c4cccc(Cl)c4Cl)o3)C2=O)o1. The van der Waals surface area contributed by atoms with E-state index in [9.17, 15) is 14.4 Å². The van der Waals surface area contributed by atoms with Crippen molar-refractivity contribution in [3.8, 4) is 11.3 Å². The third-order valence-corrected chi connectivity index (χ3v) is 6.08. The maximum atomic E-state index is 12.7. The summed E-state index contributed by atoms with van der Waals surface area (Å²) in [5.41, 5.74) is 0.612. The summed E-state index contributed by atoms with van der Waals surface area (Å²) in [4.78, 5) is 37.7. The summed E-state index contributed by atoms with van der Waals surface area (Å²) in [6, 6.07) is 11.5. The number of benzene rings is 1. The van der Waals surface area contributed by atoms with Crippen molar-refractivity contribution in [3.63, 3.8) is 0 Å². The highest BCUT2D eigenvalue weighted by Crippen LogP contribution is 2.37. The normalized spacial score (nSPS) is 15.2. The smallest absolute Gasteiger partial charge is 0.373 e. The fourth-order valence-corrected chi connectivity index (χ4v) is 4.08. The van der Waals surface area contributed by atoms with Crippen LogP contribution in [-0.4, -0.2) is 29.1 Å². The molecule has 4 rings (SSSR count). The quantitative estimate of drug-likeness (QED) is 0.335. The van der Waals surface area contributed by atoms with Crippen molar-refractivity contribution in [3.05, 3.63) is 74.7 Å². The summed E-state index contributed by atoms with van der Waals surface area (Å²) >= 11 is 13.0. The molecule has 3 heterocycles. The molecule has 1 aromatic carbocycles. The van der Waals surface area contributed by atoms with Gasteiger partial charge in [-0.15, -0.1) is 0 Å². The van der Waals surface area contributed by atoms with Gasteiger partial charge in [-0.3, -0.25) is 14.5 Å². The van der Waals surface area contributed by atoms with Gasteiger partial charge < -0.3 is 13.6 Å². The van der Waals surface area contributed by atoms with Crippen LogP contribution < -0.4 is 0 Å². The van der Waals surface area contributed by atoms with Crippen molar-refractivity contribution in [2.45, 2.75) is 6.54 Å². The van der Waals surface area contributed by atoms with Gasteiger partial charge in [0, 0.05) is 11.6 Å². The molecule has 31 heavy (non-hydrogen) atoms. The van der Waals surface area contributed by atoms with Gasteiger partial charge in [0.25, 0.3) is 11.1 Å². The van der Waals surface area contributed by atoms with Crippen molar-refractivity contribution >= 4 is 58.2 Å². The molecule has 0 N–H and O–H groups in total. The van der Waals surface area contributed by atoms with Gasteiger partial charge in [0.15, 0.2) is 0 Å². The minimum atomic E-state index is -0.645. The van der Waals surface area contributed by atoms with E-state index >= 15 is 0 Å². The number of esters is 1.